The summed E-state index contributed by atoms with van der Waals surface area (Å²) in [6.07, 6.45) is 3.10. The summed E-state index contributed by atoms with van der Waals surface area (Å²) in [5.41, 5.74) is 6.39. The maximum atomic E-state index is 10.6. The molecule has 0 atom stereocenters. The second-order valence-electron chi connectivity index (χ2n) is 2.05. The molecule has 0 fully saturated rings. The summed E-state index contributed by atoms with van der Waals surface area (Å²) in [5, 5.41) is 0. The van der Waals surface area contributed by atoms with E-state index in [0.717, 1.165) is 5.56 Å². The molecule has 0 bridgehead atoms. The van der Waals surface area contributed by atoms with Crippen molar-refractivity contribution in [1.29, 1.82) is 0 Å². The van der Waals surface area contributed by atoms with Crippen LogP contribution in [0.3, 0.4) is 0 Å². The van der Waals surface area contributed by atoms with E-state index in [0.29, 0.717) is 5.56 Å². The highest BCUT2D eigenvalue weighted by molar-refractivity contribution is 5.93. The van der Waals surface area contributed by atoms with Crippen molar-refractivity contribution in [3.05, 3.63) is 29.6 Å². The van der Waals surface area contributed by atoms with Gasteiger partial charge in [-0.3, -0.25) is 9.78 Å². The highest BCUT2D eigenvalue weighted by Gasteiger charge is 2.01. The monoisotopic (exact) mass is 172 g/mol. The molecule has 0 aliphatic rings. The smallest absolute Gasteiger partial charge is 0.250 e. The Balaban J connectivity index is 0.000001000. The molecule has 0 saturated carbocycles. The molecule has 1 heterocycles. The van der Waals surface area contributed by atoms with Crippen molar-refractivity contribution in [2.24, 2.45) is 5.73 Å². The van der Waals surface area contributed by atoms with Crippen LogP contribution in [-0.2, 0) is 0 Å². The average Bonchev–Trinajstić information content (AvgIpc) is 1.88. The number of primary amides is 1. The van der Waals surface area contributed by atoms with Crippen molar-refractivity contribution < 1.29 is 4.79 Å². The van der Waals surface area contributed by atoms with Crippen LogP contribution in [0.1, 0.15) is 15.9 Å². The first-order chi connectivity index (χ1) is 4.72. The van der Waals surface area contributed by atoms with Crippen molar-refractivity contribution in [2.45, 2.75) is 6.92 Å². The van der Waals surface area contributed by atoms with Crippen molar-refractivity contribution in [1.82, 2.24) is 4.98 Å². The van der Waals surface area contributed by atoms with E-state index in [4.69, 9.17) is 5.73 Å². The minimum atomic E-state index is -0.425. The van der Waals surface area contributed by atoms with Crippen LogP contribution in [0.25, 0.3) is 0 Å². The number of carbonyl (C=O) groups is 1. The van der Waals surface area contributed by atoms with Crippen molar-refractivity contribution in [3.8, 4) is 0 Å². The Kier molecular flexibility index (Phi) is 3.54. The number of halogens is 1. The Hall–Kier alpha value is -1.09. The molecule has 1 rings (SSSR count). The summed E-state index contributed by atoms with van der Waals surface area (Å²) in [6, 6.07) is 1.75. The zero-order valence-corrected chi connectivity index (χ0v) is 6.89. The van der Waals surface area contributed by atoms with Gasteiger partial charge in [-0.2, -0.15) is 0 Å². The first kappa shape index (κ1) is 9.91. The second-order valence-corrected chi connectivity index (χ2v) is 2.05. The average molecular weight is 173 g/mol. The minimum absolute atomic E-state index is 0. The zero-order valence-electron chi connectivity index (χ0n) is 6.07. The zero-order chi connectivity index (χ0) is 7.56. The van der Waals surface area contributed by atoms with Crippen molar-refractivity contribution in [2.75, 3.05) is 0 Å². The number of aryl methyl sites for hydroxylation is 1. The van der Waals surface area contributed by atoms with E-state index in [1.165, 1.54) is 6.20 Å². The predicted octanol–water partition coefficient (Wildman–Crippen LogP) is 0.911. The van der Waals surface area contributed by atoms with Gasteiger partial charge in [0.25, 0.3) is 5.91 Å². The number of hydrogen-bond donors (Lipinski definition) is 1. The lowest BCUT2D eigenvalue weighted by Gasteiger charge is -1.96. The van der Waals surface area contributed by atoms with Gasteiger partial charge in [-0.15, -0.1) is 12.4 Å². The summed E-state index contributed by atoms with van der Waals surface area (Å²) >= 11 is 0. The summed E-state index contributed by atoms with van der Waals surface area (Å²) in [7, 11) is 0. The van der Waals surface area contributed by atoms with Gasteiger partial charge in [0.05, 0.1) is 5.56 Å². The van der Waals surface area contributed by atoms with Crippen LogP contribution in [0.2, 0.25) is 0 Å². The summed E-state index contributed by atoms with van der Waals surface area (Å²) in [6.45, 7) is 1.82. The molecule has 2 N–H and O–H groups in total. The normalized spacial score (nSPS) is 8.45. The Bertz CT molecular complexity index is 262. The van der Waals surface area contributed by atoms with Crippen LogP contribution in [0, 0.1) is 6.92 Å². The molecule has 0 saturated heterocycles. The Morgan fingerprint density at radius 3 is 2.64 bits per heavy atom. The van der Waals surface area contributed by atoms with Gasteiger partial charge in [-0.05, 0) is 18.6 Å². The molecular formula is C7H9ClN2O. The Morgan fingerprint density at radius 1 is 1.64 bits per heavy atom. The third-order valence-corrected chi connectivity index (χ3v) is 1.30. The number of carbonyl (C=O) groups excluding carboxylic acids is 1. The fourth-order valence-corrected chi connectivity index (χ4v) is 0.722. The lowest BCUT2D eigenvalue weighted by atomic mass is 10.1. The molecule has 0 aliphatic heterocycles. The molecule has 0 spiro atoms. The molecular weight excluding hydrogens is 164 g/mol. The molecule has 1 aromatic rings. The van der Waals surface area contributed by atoms with E-state index >= 15 is 0 Å². The van der Waals surface area contributed by atoms with Gasteiger partial charge in [0.1, 0.15) is 0 Å². The van der Waals surface area contributed by atoms with E-state index < -0.39 is 5.91 Å². The van der Waals surface area contributed by atoms with E-state index in [-0.39, 0.29) is 12.4 Å². The Morgan fingerprint density at radius 2 is 2.27 bits per heavy atom. The predicted molar refractivity (Wildman–Crippen MR) is 44.7 cm³/mol. The van der Waals surface area contributed by atoms with Crippen LogP contribution < -0.4 is 5.73 Å². The van der Waals surface area contributed by atoms with Gasteiger partial charge in [0.15, 0.2) is 0 Å². The van der Waals surface area contributed by atoms with Crippen molar-refractivity contribution in [3.63, 3.8) is 0 Å². The Labute approximate surface area is 71.0 Å². The molecule has 1 amide bonds. The molecule has 1 aromatic heterocycles. The van der Waals surface area contributed by atoms with E-state index in [2.05, 4.69) is 4.98 Å². The highest BCUT2D eigenvalue weighted by atomic mass is 35.5. The second kappa shape index (κ2) is 3.93. The third kappa shape index (κ3) is 2.20. The topological polar surface area (TPSA) is 56.0 Å². The number of amides is 1. The number of aromatic nitrogens is 1. The first-order valence-electron chi connectivity index (χ1n) is 2.92. The lowest BCUT2D eigenvalue weighted by Crippen LogP contribution is -2.12. The van der Waals surface area contributed by atoms with Gasteiger partial charge < -0.3 is 5.73 Å². The van der Waals surface area contributed by atoms with E-state index in [1.807, 2.05) is 6.92 Å². The van der Waals surface area contributed by atoms with Crippen LogP contribution in [0.4, 0.5) is 0 Å². The first-order valence-corrected chi connectivity index (χ1v) is 2.92. The largest absolute Gasteiger partial charge is 0.366 e. The van der Waals surface area contributed by atoms with E-state index in [9.17, 15) is 4.79 Å². The van der Waals surface area contributed by atoms with Crippen LogP contribution in [0.15, 0.2) is 18.5 Å². The fraction of sp³-hybridized carbons (Fsp3) is 0.143. The minimum Gasteiger partial charge on any atom is -0.366 e. The lowest BCUT2D eigenvalue weighted by molar-refractivity contribution is 0.0999. The fourth-order valence-electron chi connectivity index (χ4n) is 0.722. The van der Waals surface area contributed by atoms with E-state index in [1.54, 1.807) is 12.3 Å². The maximum Gasteiger partial charge on any atom is 0.250 e. The van der Waals surface area contributed by atoms with Gasteiger partial charge in [-0.25, -0.2) is 0 Å². The number of hydrogen-bond acceptors (Lipinski definition) is 2. The van der Waals surface area contributed by atoms with Crippen molar-refractivity contribution >= 4 is 18.3 Å². The number of nitrogens with two attached hydrogens (primary N) is 1. The molecule has 11 heavy (non-hydrogen) atoms. The van der Waals surface area contributed by atoms with Gasteiger partial charge in [0, 0.05) is 12.4 Å². The summed E-state index contributed by atoms with van der Waals surface area (Å²) in [5.74, 6) is -0.425. The summed E-state index contributed by atoms with van der Waals surface area (Å²) < 4.78 is 0. The number of pyridine rings is 1. The van der Waals surface area contributed by atoms with Crippen LogP contribution in [0.5, 0.6) is 0 Å². The standard InChI is InChI=1S/C7H8N2O.ClH/c1-5-2-3-9-4-6(5)7(8)10;/h2-4H,1H3,(H2,8,10);1H. The third-order valence-electron chi connectivity index (χ3n) is 1.30. The molecule has 0 aromatic carbocycles. The van der Waals surface area contributed by atoms with Gasteiger partial charge >= 0.3 is 0 Å². The van der Waals surface area contributed by atoms with Gasteiger partial charge in [0.2, 0.25) is 0 Å². The summed E-state index contributed by atoms with van der Waals surface area (Å²) in [4.78, 5) is 14.4. The molecule has 0 aliphatic carbocycles. The quantitative estimate of drug-likeness (QED) is 0.685. The molecule has 60 valence electrons. The molecule has 0 radical (unpaired) electrons. The number of rotatable bonds is 1. The number of nitrogens with zero attached hydrogens (tertiary/aromatic N) is 1. The SMILES string of the molecule is Cc1ccncc1C(N)=O.Cl. The highest BCUT2D eigenvalue weighted by Crippen LogP contribution is 2.02. The van der Waals surface area contributed by atoms with Crippen LogP contribution >= 0.6 is 12.4 Å². The maximum absolute atomic E-state index is 10.6. The molecule has 3 nitrogen and oxygen atoms in total. The van der Waals surface area contributed by atoms with Gasteiger partial charge in [-0.1, -0.05) is 0 Å². The molecule has 4 heteroatoms. The van der Waals surface area contributed by atoms with Crippen LogP contribution in [-0.4, -0.2) is 10.9 Å². The molecule has 0 unspecified atom stereocenters.